The summed E-state index contributed by atoms with van der Waals surface area (Å²) in [5.41, 5.74) is 6.25. The average Bonchev–Trinajstić information content (AvgIpc) is 3.18. The first-order valence-electron chi connectivity index (χ1n) is 8.92. The summed E-state index contributed by atoms with van der Waals surface area (Å²) in [5.74, 6) is 1.05. The molecule has 0 saturated heterocycles. The number of carbonyl (C=O) groups excluding carboxylic acids is 1. The molecule has 2 aromatic carbocycles. The Morgan fingerprint density at radius 3 is 3.00 bits per heavy atom. The molecule has 5 nitrogen and oxygen atoms in total. The van der Waals surface area contributed by atoms with Crippen molar-refractivity contribution >= 4 is 44.2 Å². The number of nitrogens with one attached hydrogen (secondary N) is 1. The maximum Gasteiger partial charge on any atom is 0.255 e. The Morgan fingerprint density at radius 1 is 1.08 bits per heavy atom. The van der Waals surface area contributed by atoms with E-state index in [4.69, 9.17) is 4.98 Å². The maximum absolute atomic E-state index is 12.6. The molecule has 0 saturated carbocycles. The summed E-state index contributed by atoms with van der Waals surface area (Å²) in [6.07, 6.45) is 4.71. The van der Waals surface area contributed by atoms with Gasteiger partial charge in [-0.1, -0.05) is 6.42 Å². The molecule has 1 aliphatic heterocycles. The molecular weight excluding hydrogens is 344 g/mol. The number of anilines is 1. The van der Waals surface area contributed by atoms with Gasteiger partial charge < -0.3 is 9.88 Å². The van der Waals surface area contributed by atoms with Crippen molar-refractivity contribution in [2.24, 2.45) is 0 Å². The molecule has 1 amide bonds. The molecule has 0 fully saturated rings. The molecule has 1 aliphatic rings. The number of aromatic nitrogens is 3. The molecule has 0 radical (unpaired) electrons. The highest BCUT2D eigenvalue weighted by Gasteiger charge is 2.14. The minimum absolute atomic E-state index is 0.111. The topological polar surface area (TPSA) is 59.8 Å². The zero-order valence-electron chi connectivity index (χ0n) is 14.2. The normalized spacial score (nSPS) is 14.3. The summed E-state index contributed by atoms with van der Waals surface area (Å²) in [4.78, 5) is 21.6. The SMILES string of the molecule is O=C(Nc1ccc2c(c1)nc1n2CCCCC1)c1ccc2ncsc2c1. The number of thiazole rings is 1. The molecule has 1 N–H and O–H groups in total. The molecule has 0 aliphatic carbocycles. The molecule has 4 aromatic rings. The van der Waals surface area contributed by atoms with Gasteiger partial charge in [0.25, 0.3) is 5.91 Å². The van der Waals surface area contributed by atoms with E-state index in [0.29, 0.717) is 5.56 Å². The van der Waals surface area contributed by atoms with Gasteiger partial charge >= 0.3 is 0 Å². The standard InChI is InChI=1S/C20H18N4OS/c25-20(13-5-7-15-18(10-13)26-12-21-15)22-14-6-8-17-16(11-14)23-19-4-2-1-3-9-24(17)19/h5-8,10-12H,1-4,9H2,(H,22,25). The van der Waals surface area contributed by atoms with Crippen LogP contribution < -0.4 is 5.32 Å². The lowest BCUT2D eigenvalue weighted by Gasteiger charge is -2.07. The van der Waals surface area contributed by atoms with Gasteiger partial charge in [-0.25, -0.2) is 9.97 Å². The van der Waals surface area contributed by atoms with E-state index in [1.807, 2.05) is 30.3 Å². The van der Waals surface area contributed by atoms with Gasteiger partial charge in [-0.2, -0.15) is 0 Å². The smallest absolute Gasteiger partial charge is 0.255 e. The van der Waals surface area contributed by atoms with Crippen molar-refractivity contribution < 1.29 is 4.79 Å². The van der Waals surface area contributed by atoms with Crippen molar-refractivity contribution in [1.82, 2.24) is 14.5 Å². The van der Waals surface area contributed by atoms with Gasteiger partial charge in [-0.05, 0) is 49.2 Å². The Morgan fingerprint density at radius 2 is 2.04 bits per heavy atom. The minimum Gasteiger partial charge on any atom is -0.328 e. The molecule has 5 rings (SSSR count). The quantitative estimate of drug-likeness (QED) is 0.566. The fourth-order valence-corrected chi connectivity index (χ4v) is 4.34. The van der Waals surface area contributed by atoms with Crippen LogP contribution in [-0.4, -0.2) is 20.4 Å². The number of hydrogen-bond donors (Lipinski definition) is 1. The molecule has 0 unspecified atom stereocenters. The summed E-state index contributed by atoms with van der Waals surface area (Å²) in [6.45, 7) is 1.03. The highest BCUT2D eigenvalue weighted by atomic mass is 32.1. The van der Waals surface area contributed by atoms with Crippen molar-refractivity contribution in [2.45, 2.75) is 32.2 Å². The van der Waals surface area contributed by atoms with E-state index in [9.17, 15) is 4.79 Å². The second kappa shape index (κ2) is 6.21. The fraction of sp³-hybridized carbons (Fsp3) is 0.250. The van der Waals surface area contributed by atoms with E-state index in [-0.39, 0.29) is 5.91 Å². The molecule has 6 heteroatoms. The third-order valence-electron chi connectivity index (χ3n) is 4.96. The Bertz CT molecular complexity index is 1130. The predicted molar refractivity (Wildman–Crippen MR) is 105 cm³/mol. The second-order valence-corrected chi connectivity index (χ2v) is 7.57. The van der Waals surface area contributed by atoms with E-state index >= 15 is 0 Å². The first kappa shape index (κ1) is 15.5. The first-order valence-corrected chi connectivity index (χ1v) is 9.80. The third kappa shape index (κ3) is 2.66. The summed E-state index contributed by atoms with van der Waals surface area (Å²) in [5, 5.41) is 3.00. The van der Waals surface area contributed by atoms with Crippen LogP contribution in [0.25, 0.3) is 21.3 Å². The van der Waals surface area contributed by atoms with Crippen LogP contribution in [0.2, 0.25) is 0 Å². The van der Waals surface area contributed by atoms with Gasteiger partial charge in [0, 0.05) is 24.2 Å². The predicted octanol–water partition coefficient (Wildman–Crippen LogP) is 4.62. The average molecular weight is 362 g/mol. The van der Waals surface area contributed by atoms with Crippen LogP contribution in [0.15, 0.2) is 41.9 Å². The monoisotopic (exact) mass is 362 g/mol. The number of fused-ring (bicyclic) bond motifs is 4. The summed E-state index contributed by atoms with van der Waals surface area (Å²) >= 11 is 1.54. The van der Waals surface area contributed by atoms with E-state index in [1.165, 1.54) is 19.3 Å². The van der Waals surface area contributed by atoms with Crippen molar-refractivity contribution in [3.8, 4) is 0 Å². The lowest BCUT2D eigenvalue weighted by Crippen LogP contribution is -2.11. The number of carbonyl (C=O) groups is 1. The third-order valence-corrected chi connectivity index (χ3v) is 5.75. The van der Waals surface area contributed by atoms with Crippen LogP contribution in [0.1, 0.15) is 35.4 Å². The summed E-state index contributed by atoms with van der Waals surface area (Å²) in [6, 6.07) is 11.6. The van der Waals surface area contributed by atoms with Gasteiger partial charge in [-0.15, -0.1) is 11.3 Å². The van der Waals surface area contributed by atoms with Crippen LogP contribution in [-0.2, 0) is 13.0 Å². The van der Waals surface area contributed by atoms with Crippen LogP contribution in [0.3, 0.4) is 0 Å². The number of benzene rings is 2. The van der Waals surface area contributed by atoms with E-state index in [1.54, 1.807) is 16.8 Å². The van der Waals surface area contributed by atoms with Gasteiger partial charge in [0.15, 0.2) is 0 Å². The van der Waals surface area contributed by atoms with Crippen molar-refractivity contribution in [3.05, 3.63) is 53.3 Å². The molecule has 0 atom stereocenters. The van der Waals surface area contributed by atoms with Gasteiger partial charge in [0.1, 0.15) is 5.82 Å². The van der Waals surface area contributed by atoms with E-state index in [0.717, 1.165) is 45.7 Å². The van der Waals surface area contributed by atoms with Gasteiger partial charge in [-0.3, -0.25) is 4.79 Å². The minimum atomic E-state index is -0.111. The molecule has 2 aromatic heterocycles. The number of aryl methyl sites for hydroxylation is 2. The largest absolute Gasteiger partial charge is 0.328 e. The zero-order valence-corrected chi connectivity index (χ0v) is 15.1. The molecule has 26 heavy (non-hydrogen) atoms. The van der Waals surface area contributed by atoms with E-state index < -0.39 is 0 Å². The maximum atomic E-state index is 12.6. The highest BCUT2D eigenvalue weighted by molar-refractivity contribution is 7.16. The summed E-state index contributed by atoms with van der Waals surface area (Å²) in [7, 11) is 0. The number of hydrogen-bond acceptors (Lipinski definition) is 4. The summed E-state index contributed by atoms with van der Waals surface area (Å²) < 4.78 is 3.34. The lowest BCUT2D eigenvalue weighted by molar-refractivity contribution is 0.102. The lowest BCUT2D eigenvalue weighted by atomic mass is 10.2. The molecule has 130 valence electrons. The Balaban J connectivity index is 1.44. The Kier molecular flexibility index (Phi) is 3.71. The molecular formula is C20H18N4OS. The van der Waals surface area contributed by atoms with Crippen molar-refractivity contribution in [3.63, 3.8) is 0 Å². The Hall–Kier alpha value is -2.73. The van der Waals surface area contributed by atoms with Crippen molar-refractivity contribution in [1.29, 1.82) is 0 Å². The fourth-order valence-electron chi connectivity index (χ4n) is 3.63. The van der Waals surface area contributed by atoms with Crippen LogP contribution in [0.4, 0.5) is 5.69 Å². The number of nitrogens with zero attached hydrogens (tertiary/aromatic N) is 3. The van der Waals surface area contributed by atoms with Crippen molar-refractivity contribution in [2.75, 3.05) is 5.32 Å². The number of imidazole rings is 1. The molecule has 3 heterocycles. The Labute approximate surface area is 154 Å². The van der Waals surface area contributed by atoms with Gasteiger partial charge in [0.2, 0.25) is 0 Å². The van der Waals surface area contributed by atoms with E-state index in [2.05, 4.69) is 20.9 Å². The van der Waals surface area contributed by atoms with Crippen LogP contribution in [0, 0.1) is 0 Å². The number of rotatable bonds is 2. The van der Waals surface area contributed by atoms with Crippen LogP contribution in [0.5, 0.6) is 0 Å². The second-order valence-electron chi connectivity index (χ2n) is 6.68. The highest BCUT2D eigenvalue weighted by Crippen LogP contribution is 2.25. The molecule has 0 bridgehead atoms. The first-order chi connectivity index (χ1) is 12.8. The van der Waals surface area contributed by atoms with Gasteiger partial charge in [0.05, 0.1) is 26.8 Å². The number of amides is 1. The zero-order chi connectivity index (χ0) is 17.5. The molecule has 0 spiro atoms. The van der Waals surface area contributed by atoms with Crippen LogP contribution >= 0.6 is 11.3 Å².